The molecule has 8 heteroatoms. The first-order valence-electron chi connectivity index (χ1n) is 15.7. The molecule has 1 N–H and O–H groups in total. The quantitative estimate of drug-likeness (QED) is 0.0960. The molecule has 2 atom stereocenters. The maximum absolute atomic E-state index is 13.6. The molecule has 0 saturated heterocycles. The predicted molar refractivity (Wildman–Crippen MR) is 182 cm³/mol. The number of benzene rings is 5. The van der Waals surface area contributed by atoms with Gasteiger partial charge in [-0.25, -0.2) is 0 Å². The van der Waals surface area contributed by atoms with Crippen LogP contribution >= 0.6 is 0 Å². The molecule has 0 saturated carbocycles. The number of hydrogen-bond acceptors (Lipinski definition) is 7. The minimum absolute atomic E-state index is 0. The SMILES string of the molecule is O=C([O-])[C@H](N=C(c1ccccc1)c1ccccc1N=C([O-])CN(Cc1ccccc1)Cc1ccccc1)[C@@H](CCO)c1ccccc1.[Ni+2]. The zero-order valence-corrected chi connectivity index (χ0v) is 27.4. The van der Waals surface area contributed by atoms with E-state index in [2.05, 4.69) is 9.89 Å². The van der Waals surface area contributed by atoms with Crippen molar-refractivity contribution in [2.45, 2.75) is 31.5 Å². The van der Waals surface area contributed by atoms with Crippen LogP contribution in [0.15, 0.2) is 156 Å². The third-order valence-corrected chi connectivity index (χ3v) is 7.87. The molecule has 0 amide bonds. The van der Waals surface area contributed by atoms with E-state index in [0.717, 1.165) is 16.7 Å². The number of carbonyl (C=O) groups is 1. The van der Waals surface area contributed by atoms with Crippen molar-refractivity contribution in [3.05, 3.63) is 173 Å². The number of aliphatic carboxylic acids is 1. The van der Waals surface area contributed by atoms with E-state index in [-0.39, 0.29) is 42.0 Å². The molecule has 7 nitrogen and oxygen atoms in total. The van der Waals surface area contributed by atoms with Gasteiger partial charge in [-0.15, -0.1) is 0 Å². The van der Waals surface area contributed by atoms with Crippen LogP contribution in [0.4, 0.5) is 5.69 Å². The van der Waals surface area contributed by atoms with Crippen molar-refractivity contribution in [2.24, 2.45) is 9.98 Å². The van der Waals surface area contributed by atoms with Gasteiger partial charge in [0.1, 0.15) is 0 Å². The van der Waals surface area contributed by atoms with E-state index in [9.17, 15) is 20.1 Å². The molecular formula is C40H37N3NiO4. The Bertz CT molecular complexity index is 1730. The minimum atomic E-state index is -1.36. The number of aliphatic hydroxyl groups is 1. The maximum atomic E-state index is 13.6. The van der Waals surface area contributed by atoms with Gasteiger partial charge in [0.25, 0.3) is 0 Å². The second-order valence-corrected chi connectivity index (χ2v) is 11.3. The summed E-state index contributed by atoms with van der Waals surface area (Å²) in [6, 6.07) is 44.2. The Morgan fingerprint density at radius 3 is 1.73 bits per heavy atom. The number of carbonyl (C=O) groups excluding carboxylic acids is 1. The minimum Gasteiger partial charge on any atom is -0.861 e. The summed E-state index contributed by atoms with van der Waals surface area (Å²) in [6.07, 6.45) is 0.178. The zero-order chi connectivity index (χ0) is 32.8. The Balaban J connectivity index is 0.00000520. The summed E-state index contributed by atoms with van der Waals surface area (Å²) in [5.41, 5.74) is 4.84. The molecule has 0 aromatic heterocycles. The van der Waals surface area contributed by atoms with Crippen LogP contribution in [-0.4, -0.2) is 46.8 Å². The van der Waals surface area contributed by atoms with Gasteiger partial charge >= 0.3 is 16.5 Å². The molecule has 0 bridgehead atoms. The number of rotatable bonds is 15. The summed E-state index contributed by atoms with van der Waals surface area (Å²) in [6.45, 7) is 0.982. The maximum Gasteiger partial charge on any atom is 2.00 e. The molecule has 0 aliphatic rings. The van der Waals surface area contributed by atoms with E-state index in [1.165, 1.54) is 0 Å². The van der Waals surface area contributed by atoms with Crippen molar-refractivity contribution in [1.82, 2.24) is 4.90 Å². The summed E-state index contributed by atoms with van der Waals surface area (Å²) >= 11 is 0. The van der Waals surface area contributed by atoms with Crippen molar-refractivity contribution >= 4 is 23.3 Å². The summed E-state index contributed by atoms with van der Waals surface area (Å²) < 4.78 is 0. The summed E-state index contributed by atoms with van der Waals surface area (Å²) in [5.74, 6) is -2.33. The molecule has 0 spiro atoms. The van der Waals surface area contributed by atoms with Gasteiger partial charge in [-0.2, -0.15) is 0 Å². The largest absolute Gasteiger partial charge is 2.00 e. The molecule has 5 rings (SSSR count). The Hall–Kier alpha value is -4.88. The first-order valence-corrected chi connectivity index (χ1v) is 15.7. The first kappa shape index (κ1) is 36.0. The van der Waals surface area contributed by atoms with Gasteiger partial charge in [-0.3, -0.25) is 14.9 Å². The number of aliphatic imine (C=N–C) groups is 2. The topological polar surface area (TPSA) is 111 Å². The van der Waals surface area contributed by atoms with Crippen LogP contribution < -0.4 is 10.2 Å². The molecule has 5 aromatic rings. The fraction of sp³-hybridized carbons (Fsp3) is 0.175. The average Bonchev–Trinajstić information content (AvgIpc) is 3.10. The van der Waals surface area contributed by atoms with E-state index in [1.54, 1.807) is 18.2 Å². The van der Waals surface area contributed by atoms with Gasteiger partial charge < -0.3 is 20.1 Å². The summed E-state index contributed by atoms with van der Waals surface area (Å²) in [7, 11) is 0. The van der Waals surface area contributed by atoms with Crippen molar-refractivity contribution in [3.8, 4) is 0 Å². The molecule has 0 fully saturated rings. The third-order valence-electron chi connectivity index (χ3n) is 7.87. The van der Waals surface area contributed by atoms with Crippen molar-refractivity contribution < 1.29 is 36.6 Å². The molecule has 0 heterocycles. The van der Waals surface area contributed by atoms with Gasteiger partial charge in [-0.05, 0) is 35.1 Å². The van der Waals surface area contributed by atoms with Gasteiger partial charge in [0.15, 0.2) is 0 Å². The van der Waals surface area contributed by atoms with Gasteiger partial charge in [0.2, 0.25) is 0 Å². The molecular weight excluding hydrogens is 645 g/mol. The predicted octanol–water partition coefficient (Wildman–Crippen LogP) is 4.90. The number of para-hydroxylation sites is 1. The van der Waals surface area contributed by atoms with Crippen molar-refractivity contribution in [3.63, 3.8) is 0 Å². The molecule has 48 heavy (non-hydrogen) atoms. The number of carboxylic acids is 1. The number of aliphatic hydroxyl groups excluding tert-OH is 1. The van der Waals surface area contributed by atoms with Gasteiger partial charge in [0, 0.05) is 43.3 Å². The fourth-order valence-corrected chi connectivity index (χ4v) is 5.67. The normalized spacial score (nSPS) is 13.0. The zero-order valence-electron chi connectivity index (χ0n) is 26.4. The van der Waals surface area contributed by atoms with Gasteiger partial charge in [0.05, 0.1) is 23.4 Å². The van der Waals surface area contributed by atoms with Crippen LogP contribution in [0.3, 0.4) is 0 Å². The molecule has 0 aliphatic carbocycles. The number of nitrogens with zero attached hydrogens (tertiary/aromatic N) is 3. The standard InChI is InChI=1S/C40H39N3O4.Ni/c44-26-25-34(32-19-9-3-10-20-32)39(40(46)47)42-38(33-21-11-4-12-22-33)35-23-13-14-24-36(35)41-37(45)29-43(27-30-15-5-1-6-16-30)28-31-17-7-2-8-18-31;/h1-24,34,39,44H,25-29H2,(H,41,45)(H,46,47);/q;+2/p-2/t34-,39+;/m0./s1. The summed E-state index contributed by atoms with van der Waals surface area (Å²) in [4.78, 5) is 24.1. The fourth-order valence-electron chi connectivity index (χ4n) is 5.67. The number of carboxylic acid groups (broad SMARTS) is 1. The van der Waals surface area contributed by atoms with Crippen LogP contribution in [0.5, 0.6) is 0 Å². The van der Waals surface area contributed by atoms with Crippen LogP contribution in [0, 0.1) is 0 Å². The smallest absolute Gasteiger partial charge is 0.861 e. The van der Waals surface area contributed by atoms with Crippen LogP contribution in [-0.2, 0) is 34.4 Å². The second-order valence-electron chi connectivity index (χ2n) is 11.3. The molecule has 0 unspecified atom stereocenters. The van der Waals surface area contributed by atoms with E-state index in [1.807, 2.05) is 127 Å². The third kappa shape index (κ3) is 10.1. The van der Waals surface area contributed by atoms with Crippen molar-refractivity contribution in [2.75, 3.05) is 13.2 Å². The molecule has 0 radical (unpaired) electrons. The summed E-state index contributed by atoms with van der Waals surface area (Å²) in [5, 5.41) is 36.2. The van der Waals surface area contributed by atoms with Crippen LogP contribution in [0.1, 0.15) is 40.2 Å². The monoisotopic (exact) mass is 681 g/mol. The average molecular weight is 682 g/mol. The van der Waals surface area contributed by atoms with Crippen LogP contribution in [0.2, 0.25) is 0 Å². The Morgan fingerprint density at radius 2 is 1.19 bits per heavy atom. The molecule has 0 aliphatic heterocycles. The molecule has 246 valence electrons. The second kappa shape index (κ2) is 18.5. The van der Waals surface area contributed by atoms with Crippen LogP contribution in [0.25, 0.3) is 0 Å². The number of hydrogen-bond donors (Lipinski definition) is 1. The van der Waals surface area contributed by atoms with Gasteiger partial charge in [-0.1, -0.05) is 140 Å². The molecule has 5 aromatic carbocycles. The van der Waals surface area contributed by atoms with E-state index in [0.29, 0.717) is 35.6 Å². The Kier molecular flexibility index (Phi) is 13.8. The van der Waals surface area contributed by atoms with E-state index >= 15 is 0 Å². The van der Waals surface area contributed by atoms with E-state index < -0.39 is 17.9 Å². The Morgan fingerprint density at radius 1 is 0.688 bits per heavy atom. The Labute approximate surface area is 291 Å². The van der Waals surface area contributed by atoms with E-state index in [4.69, 9.17) is 4.99 Å². The van der Waals surface area contributed by atoms with Crippen molar-refractivity contribution in [1.29, 1.82) is 0 Å². The first-order chi connectivity index (χ1) is 23.0.